The van der Waals surface area contributed by atoms with Gasteiger partial charge in [-0.1, -0.05) is 13.3 Å². The van der Waals surface area contributed by atoms with Crippen molar-refractivity contribution < 1.29 is 23.8 Å². The third-order valence-electron chi connectivity index (χ3n) is 4.02. The van der Waals surface area contributed by atoms with Crippen LogP contribution in [0.2, 0.25) is 0 Å². The first-order valence-corrected chi connectivity index (χ1v) is 8.54. The molecule has 1 heterocycles. The van der Waals surface area contributed by atoms with Crippen LogP contribution in [0, 0.1) is 6.92 Å². The second-order valence-corrected chi connectivity index (χ2v) is 6.08. The number of carbonyl (C=O) groups is 2. The highest BCUT2D eigenvalue weighted by Crippen LogP contribution is 2.29. The molecule has 0 fully saturated rings. The standard InChI is InChI=1S/C19H23NO6/c1-4-5-13-10-17(23)26-18-11(2)15(7-6-14(13)18)25-12(3)19(24)20-9-8-16(21)22/h6-7,10,12H,4-5,8-9H2,1-3H3,(H,20,24)(H,21,22)/p-1/t12-/m1/s1. The predicted molar refractivity (Wildman–Crippen MR) is 93.9 cm³/mol. The van der Waals surface area contributed by atoms with Gasteiger partial charge < -0.3 is 24.4 Å². The fourth-order valence-corrected chi connectivity index (χ4v) is 2.69. The van der Waals surface area contributed by atoms with Crippen LogP contribution < -0.4 is 20.8 Å². The molecule has 1 N–H and O–H groups in total. The maximum Gasteiger partial charge on any atom is 0.336 e. The number of benzene rings is 1. The van der Waals surface area contributed by atoms with Crippen LogP contribution in [-0.2, 0) is 16.0 Å². The molecule has 0 saturated carbocycles. The van der Waals surface area contributed by atoms with Gasteiger partial charge in [-0.15, -0.1) is 0 Å². The third-order valence-corrected chi connectivity index (χ3v) is 4.02. The van der Waals surface area contributed by atoms with E-state index in [1.807, 2.05) is 13.0 Å². The number of carboxylic acid groups (broad SMARTS) is 1. The molecular weight excluding hydrogens is 338 g/mol. The monoisotopic (exact) mass is 360 g/mol. The van der Waals surface area contributed by atoms with E-state index in [1.165, 1.54) is 6.07 Å². The average molecular weight is 360 g/mol. The molecule has 2 aromatic rings. The maximum atomic E-state index is 12.0. The molecule has 140 valence electrons. The normalized spacial score (nSPS) is 12.0. The number of hydrogen-bond donors (Lipinski definition) is 1. The Morgan fingerprint density at radius 2 is 2.08 bits per heavy atom. The van der Waals surface area contributed by atoms with Crippen LogP contribution in [0.4, 0.5) is 0 Å². The molecule has 0 bridgehead atoms. The van der Waals surface area contributed by atoms with Gasteiger partial charge >= 0.3 is 5.63 Å². The molecule has 1 aromatic heterocycles. The lowest BCUT2D eigenvalue weighted by molar-refractivity contribution is -0.305. The van der Waals surface area contributed by atoms with E-state index in [1.54, 1.807) is 19.9 Å². The molecule has 26 heavy (non-hydrogen) atoms. The quantitative estimate of drug-likeness (QED) is 0.706. The lowest BCUT2D eigenvalue weighted by Crippen LogP contribution is -2.38. The lowest BCUT2D eigenvalue weighted by Gasteiger charge is -2.17. The van der Waals surface area contributed by atoms with Gasteiger partial charge in [-0.2, -0.15) is 0 Å². The number of aliphatic carboxylic acids is 1. The Morgan fingerprint density at radius 1 is 1.35 bits per heavy atom. The summed E-state index contributed by atoms with van der Waals surface area (Å²) in [6.07, 6.45) is 0.565. The Morgan fingerprint density at radius 3 is 2.73 bits per heavy atom. The molecule has 7 nitrogen and oxygen atoms in total. The van der Waals surface area contributed by atoms with Crippen molar-refractivity contribution in [3.63, 3.8) is 0 Å². The van der Waals surface area contributed by atoms with Crippen molar-refractivity contribution in [3.8, 4) is 5.75 Å². The molecule has 1 atom stereocenters. The van der Waals surface area contributed by atoms with Crippen LogP contribution in [0.15, 0.2) is 27.4 Å². The molecule has 0 spiro atoms. The van der Waals surface area contributed by atoms with Crippen LogP contribution >= 0.6 is 0 Å². The molecule has 0 radical (unpaired) electrons. The highest BCUT2D eigenvalue weighted by molar-refractivity contribution is 5.85. The van der Waals surface area contributed by atoms with Gasteiger partial charge in [0.15, 0.2) is 6.10 Å². The molecule has 1 amide bonds. The molecule has 2 rings (SSSR count). The minimum absolute atomic E-state index is 0.0270. The first-order valence-electron chi connectivity index (χ1n) is 8.54. The zero-order valence-electron chi connectivity index (χ0n) is 15.1. The van der Waals surface area contributed by atoms with E-state index >= 15 is 0 Å². The number of hydrogen-bond acceptors (Lipinski definition) is 6. The summed E-state index contributed by atoms with van der Waals surface area (Å²) in [5.41, 5.74) is 1.57. The van der Waals surface area contributed by atoms with Gasteiger partial charge in [0.05, 0.1) is 0 Å². The van der Waals surface area contributed by atoms with E-state index in [9.17, 15) is 19.5 Å². The number of aryl methyl sites for hydroxylation is 2. The SMILES string of the molecule is CCCc1cc(=O)oc2c(C)c(O[C@H](C)C(=O)NCCC(=O)[O-])ccc12. The largest absolute Gasteiger partial charge is 0.550 e. The molecule has 0 aliphatic heterocycles. The average Bonchev–Trinajstić information content (AvgIpc) is 2.57. The molecule has 7 heteroatoms. The first kappa shape index (κ1) is 19.5. The highest BCUT2D eigenvalue weighted by Gasteiger charge is 2.17. The summed E-state index contributed by atoms with van der Waals surface area (Å²) in [6.45, 7) is 5.32. The Hall–Kier alpha value is -2.83. The topological polar surface area (TPSA) is 109 Å². The van der Waals surface area contributed by atoms with E-state index in [0.29, 0.717) is 16.9 Å². The summed E-state index contributed by atoms with van der Waals surface area (Å²) in [5.74, 6) is -1.24. The van der Waals surface area contributed by atoms with Crippen LogP contribution in [0.1, 0.15) is 37.8 Å². The van der Waals surface area contributed by atoms with Crippen molar-refractivity contribution in [2.24, 2.45) is 0 Å². The summed E-state index contributed by atoms with van der Waals surface area (Å²) < 4.78 is 11.0. The number of ether oxygens (including phenoxy) is 1. The molecule has 1 aromatic carbocycles. The second-order valence-electron chi connectivity index (χ2n) is 6.08. The molecular formula is C19H22NO6-. The zero-order valence-corrected chi connectivity index (χ0v) is 15.1. The van der Waals surface area contributed by atoms with Crippen molar-refractivity contribution in [2.75, 3.05) is 6.54 Å². The van der Waals surface area contributed by atoms with E-state index in [4.69, 9.17) is 9.15 Å². The third kappa shape index (κ3) is 4.62. The summed E-state index contributed by atoms with van der Waals surface area (Å²) in [6, 6.07) is 5.05. The Kier molecular flexibility index (Phi) is 6.38. The van der Waals surface area contributed by atoms with E-state index < -0.39 is 23.6 Å². The Labute approximate surface area is 151 Å². The maximum absolute atomic E-state index is 12.0. The van der Waals surface area contributed by atoms with Crippen LogP contribution in [0.3, 0.4) is 0 Å². The second kappa shape index (κ2) is 8.51. The smallest absolute Gasteiger partial charge is 0.336 e. The fourth-order valence-electron chi connectivity index (χ4n) is 2.69. The highest BCUT2D eigenvalue weighted by atomic mass is 16.5. The molecule has 0 aliphatic rings. The van der Waals surface area contributed by atoms with Crippen molar-refractivity contribution in [3.05, 3.63) is 39.7 Å². The van der Waals surface area contributed by atoms with Gasteiger partial charge in [-0.05, 0) is 38.0 Å². The zero-order chi connectivity index (χ0) is 19.3. The summed E-state index contributed by atoms with van der Waals surface area (Å²) in [5, 5.41) is 13.7. The molecule has 0 unspecified atom stereocenters. The van der Waals surface area contributed by atoms with Gasteiger partial charge in [-0.3, -0.25) is 4.79 Å². The Balaban J connectivity index is 2.22. The van der Waals surface area contributed by atoms with E-state index in [-0.39, 0.29) is 13.0 Å². The number of nitrogens with one attached hydrogen (secondary N) is 1. The summed E-state index contributed by atoms with van der Waals surface area (Å²) >= 11 is 0. The van der Waals surface area contributed by atoms with Crippen molar-refractivity contribution in [2.45, 2.75) is 46.1 Å². The number of amides is 1. The summed E-state index contributed by atoms with van der Waals surface area (Å²) in [7, 11) is 0. The predicted octanol–water partition coefficient (Wildman–Crippen LogP) is 1.08. The molecule has 0 saturated heterocycles. The van der Waals surface area contributed by atoms with Crippen LogP contribution in [0.5, 0.6) is 5.75 Å². The van der Waals surface area contributed by atoms with E-state index in [2.05, 4.69) is 5.32 Å². The van der Waals surface area contributed by atoms with Gasteiger partial charge in [0.1, 0.15) is 11.3 Å². The lowest BCUT2D eigenvalue weighted by atomic mass is 10.0. The number of carboxylic acids is 1. The van der Waals surface area contributed by atoms with Crippen LogP contribution in [0.25, 0.3) is 11.0 Å². The van der Waals surface area contributed by atoms with Crippen molar-refractivity contribution in [1.82, 2.24) is 5.32 Å². The fraction of sp³-hybridized carbons (Fsp3) is 0.421. The minimum Gasteiger partial charge on any atom is -0.550 e. The van der Waals surface area contributed by atoms with Gasteiger partial charge in [0.25, 0.3) is 5.91 Å². The first-order chi connectivity index (χ1) is 12.3. The minimum atomic E-state index is -1.23. The molecule has 0 aliphatic carbocycles. The number of carbonyl (C=O) groups excluding carboxylic acids is 2. The van der Waals surface area contributed by atoms with Crippen LogP contribution in [-0.4, -0.2) is 24.5 Å². The van der Waals surface area contributed by atoms with Gasteiger partial charge in [0, 0.05) is 36.0 Å². The summed E-state index contributed by atoms with van der Waals surface area (Å²) in [4.78, 5) is 34.2. The number of fused-ring (bicyclic) bond motifs is 1. The number of rotatable bonds is 8. The van der Waals surface area contributed by atoms with Gasteiger partial charge in [-0.25, -0.2) is 4.79 Å². The van der Waals surface area contributed by atoms with Crippen molar-refractivity contribution >= 4 is 22.8 Å². The van der Waals surface area contributed by atoms with E-state index in [0.717, 1.165) is 23.8 Å². The van der Waals surface area contributed by atoms with Gasteiger partial charge in [0.2, 0.25) is 0 Å². The Bertz CT molecular complexity index is 870. The van der Waals surface area contributed by atoms with Crippen molar-refractivity contribution in [1.29, 1.82) is 0 Å².